The second kappa shape index (κ2) is 16.6. The summed E-state index contributed by atoms with van der Waals surface area (Å²) in [6, 6.07) is 0. The van der Waals surface area contributed by atoms with Crippen molar-refractivity contribution in [3.05, 3.63) is 12.2 Å². The lowest BCUT2D eigenvalue weighted by molar-refractivity contribution is -0.159. The van der Waals surface area contributed by atoms with E-state index in [0.717, 1.165) is 12.8 Å². The van der Waals surface area contributed by atoms with E-state index in [1.54, 1.807) is 0 Å². The minimum atomic E-state index is -0.394. The number of ether oxygens (including phenoxy) is 2. The van der Waals surface area contributed by atoms with Gasteiger partial charge in [-0.05, 0) is 19.3 Å². The van der Waals surface area contributed by atoms with Crippen molar-refractivity contribution in [2.24, 2.45) is 11.8 Å². The van der Waals surface area contributed by atoms with Crippen molar-refractivity contribution in [1.29, 1.82) is 0 Å². The number of carbonyl (C=O) groups is 2. The molecule has 0 saturated heterocycles. The molecule has 28 heavy (non-hydrogen) atoms. The van der Waals surface area contributed by atoms with Crippen LogP contribution in [0.25, 0.3) is 0 Å². The zero-order chi connectivity index (χ0) is 20.5. The molecule has 0 aromatic rings. The molecule has 4 nitrogen and oxygen atoms in total. The number of unbranched alkanes of at least 4 members (excludes halogenated alkanes) is 12. The lowest BCUT2D eigenvalue weighted by Crippen LogP contribution is -2.33. The van der Waals surface area contributed by atoms with E-state index in [2.05, 4.69) is 6.92 Å². The maximum atomic E-state index is 12.3. The van der Waals surface area contributed by atoms with E-state index in [0.29, 0.717) is 19.4 Å². The lowest BCUT2D eigenvalue weighted by Gasteiger charge is -2.24. The summed E-state index contributed by atoms with van der Waals surface area (Å²) in [7, 11) is 1.37. The number of rotatable bonds is 16. The molecule has 2 unspecified atom stereocenters. The van der Waals surface area contributed by atoms with Gasteiger partial charge in [-0.25, -0.2) is 0 Å². The van der Waals surface area contributed by atoms with Crippen LogP contribution in [0.1, 0.15) is 103 Å². The van der Waals surface area contributed by atoms with Crippen molar-refractivity contribution in [1.82, 2.24) is 0 Å². The van der Waals surface area contributed by atoms with E-state index in [1.807, 2.05) is 12.2 Å². The molecule has 0 fully saturated rings. The van der Waals surface area contributed by atoms with Crippen molar-refractivity contribution in [2.75, 3.05) is 13.7 Å². The van der Waals surface area contributed by atoms with E-state index in [4.69, 9.17) is 9.47 Å². The standard InChI is InChI=1S/C24H42O4/c1-3-4-5-6-7-8-9-10-11-12-13-14-17-20-28-24(26)22-19-16-15-18-21(22)23(25)27-2/h15-16,21-22H,3-14,17-20H2,1-2H3. The van der Waals surface area contributed by atoms with Gasteiger partial charge >= 0.3 is 11.9 Å². The third kappa shape index (κ3) is 10.9. The highest BCUT2D eigenvalue weighted by atomic mass is 16.5. The molecular formula is C24H42O4. The van der Waals surface area contributed by atoms with Crippen molar-refractivity contribution in [3.8, 4) is 0 Å². The van der Waals surface area contributed by atoms with Crippen LogP contribution in [-0.4, -0.2) is 25.7 Å². The van der Waals surface area contributed by atoms with Crippen LogP contribution < -0.4 is 0 Å². The minimum absolute atomic E-state index is 0.251. The van der Waals surface area contributed by atoms with Gasteiger partial charge in [0.2, 0.25) is 0 Å². The largest absolute Gasteiger partial charge is 0.469 e. The molecule has 0 spiro atoms. The van der Waals surface area contributed by atoms with Crippen molar-refractivity contribution in [3.63, 3.8) is 0 Å². The number of hydrogen-bond acceptors (Lipinski definition) is 4. The molecule has 0 bridgehead atoms. The zero-order valence-corrected chi connectivity index (χ0v) is 18.3. The zero-order valence-electron chi connectivity index (χ0n) is 18.3. The SMILES string of the molecule is CCCCCCCCCCCCCCCOC(=O)C1CC=CCC1C(=O)OC. The minimum Gasteiger partial charge on any atom is -0.469 e. The molecule has 0 radical (unpaired) electrons. The molecule has 0 N–H and O–H groups in total. The smallest absolute Gasteiger partial charge is 0.310 e. The maximum Gasteiger partial charge on any atom is 0.310 e. The van der Waals surface area contributed by atoms with Gasteiger partial charge in [0.1, 0.15) is 0 Å². The summed E-state index contributed by atoms with van der Waals surface area (Å²) in [5, 5.41) is 0. The Morgan fingerprint density at radius 2 is 1.14 bits per heavy atom. The van der Waals surface area contributed by atoms with Crippen LogP contribution >= 0.6 is 0 Å². The third-order valence-electron chi connectivity index (χ3n) is 5.73. The molecule has 1 aliphatic carbocycles. The average molecular weight is 395 g/mol. The monoisotopic (exact) mass is 394 g/mol. The summed E-state index contributed by atoms with van der Waals surface area (Å²) >= 11 is 0. The highest BCUT2D eigenvalue weighted by Crippen LogP contribution is 2.28. The van der Waals surface area contributed by atoms with Crippen LogP contribution in [0.3, 0.4) is 0 Å². The van der Waals surface area contributed by atoms with Gasteiger partial charge in [0.15, 0.2) is 0 Å². The van der Waals surface area contributed by atoms with Gasteiger partial charge in [-0.2, -0.15) is 0 Å². The van der Waals surface area contributed by atoms with E-state index in [1.165, 1.54) is 77.7 Å². The molecule has 4 heteroatoms. The van der Waals surface area contributed by atoms with E-state index < -0.39 is 5.92 Å². The molecule has 162 valence electrons. The molecule has 0 saturated carbocycles. The molecule has 0 amide bonds. The first kappa shape index (κ1) is 24.7. The second-order valence-electron chi connectivity index (χ2n) is 8.09. The topological polar surface area (TPSA) is 52.6 Å². The molecular weight excluding hydrogens is 352 g/mol. The van der Waals surface area contributed by atoms with Crippen molar-refractivity contribution < 1.29 is 19.1 Å². The normalized spacial score (nSPS) is 18.8. The van der Waals surface area contributed by atoms with Crippen LogP contribution in [0.4, 0.5) is 0 Å². The van der Waals surface area contributed by atoms with Gasteiger partial charge in [-0.3, -0.25) is 9.59 Å². The summed E-state index contributed by atoms with van der Waals surface area (Å²) in [6.07, 6.45) is 21.9. The summed E-state index contributed by atoms with van der Waals surface area (Å²) in [4.78, 5) is 24.1. The third-order valence-corrected chi connectivity index (χ3v) is 5.73. The lowest BCUT2D eigenvalue weighted by atomic mass is 9.83. The second-order valence-corrected chi connectivity index (χ2v) is 8.09. The number of allylic oxidation sites excluding steroid dienone is 2. The Kier molecular flexibility index (Phi) is 14.7. The summed E-state index contributed by atoms with van der Waals surface area (Å²) in [6.45, 7) is 2.73. The number of methoxy groups -OCH3 is 1. The predicted octanol–water partition coefficient (Wildman–Crippen LogP) is 6.38. The van der Waals surface area contributed by atoms with Gasteiger partial charge in [-0.15, -0.1) is 0 Å². The van der Waals surface area contributed by atoms with Crippen LogP contribution in [0.2, 0.25) is 0 Å². The van der Waals surface area contributed by atoms with E-state index in [9.17, 15) is 9.59 Å². The fourth-order valence-corrected chi connectivity index (χ4v) is 3.89. The fourth-order valence-electron chi connectivity index (χ4n) is 3.89. The molecule has 1 aliphatic rings. The molecule has 0 heterocycles. The number of carbonyl (C=O) groups excluding carboxylic acids is 2. The molecule has 1 rings (SSSR count). The first-order valence-electron chi connectivity index (χ1n) is 11.6. The highest BCUT2D eigenvalue weighted by Gasteiger charge is 2.35. The maximum absolute atomic E-state index is 12.3. The van der Waals surface area contributed by atoms with Crippen LogP contribution in [0.5, 0.6) is 0 Å². The highest BCUT2D eigenvalue weighted by molar-refractivity contribution is 5.82. The quantitative estimate of drug-likeness (QED) is 0.173. The van der Waals surface area contributed by atoms with Crippen LogP contribution in [0, 0.1) is 11.8 Å². The molecule has 0 aromatic heterocycles. The van der Waals surface area contributed by atoms with E-state index in [-0.39, 0.29) is 17.9 Å². The first-order chi connectivity index (χ1) is 13.7. The summed E-state index contributed by atoms with van der Waals surface area (Å²) < 4.78 is 10.2. The summed E-state index contributed by atoms with van der Waals surface area (Å²) in [5.41, 5.74) is 0. The van der Waals surface area contributed by atoms with Gasteiger partial charge in [0.05, 0.1) is 25.6 Å². The van der Waals surface area contributed by atoms with Gasteiger partial charge in [0.25, 0.3) is 0 Å². The van der Waals surface area contributed by atoms with Gasteiger partial charge < -0.3 is 9.47 Å². The van der Waals surface area contributed by atoms with E-state index >= 15 is 0 Å². The Balaban J connectivity index is 1.96. The molecule has 2 atom stereocenters. The van der Waals surface area contributed by atoms with Gasteiger partial charge in [-0.1, -0.05) is 96.1 Å². The molecule has 0 aromatic carbocycles. The van der Waals surface area contributed by atoms with Gasteiger partial charge in [0, 0.05) is 0 Å². The molecule has 0 aliphatic heterocycles. The van der Waals surface area contributed by atoms with Crippen molar-refractivity contribution in [2.45, 2.75) is 103 Å². The van der Waals surface area contributed by atoms with Crippen LogP contribution in [0.15, 0.2) is 12.2 Å². The Morgan fingerprint density at radius 3 is 1.61 bits per heavy atom. The van der Waals surface area contributed by atoms with Crippen LogP contribution in [-0.2, 0) is 19.1 Å². The Labute approximate surface area is 172 Å². The Bertz CT molecular complexity index is 444. The number of hydrogen-bond donors (Lipinski definition) is 0. The average Bonchev–Trinajstić information content (AvgIpc) is 2.73. The Hall–Kier alpha value is -1.32. The fraction of sp³-hybridized carbons (Fsp3) is 0.833. The predicted molar refractivity (Wildman–Crippen MR) is 114 cm³/mol. The summed E-state index contributed by atoms with van der Waals surface area (Å²) in [5.74, 6) is -1.35. The Morgan fingerprint density at radius 1 is 0.714 bits per heavy atom. The van der Waals surface area contributed by atoms with Crippen molar-refractivity contribution >= 4 is 11.9 Å². The first-order valence-corrected chi connectivity index (χ1v) is 11.6. The number of esters is 2.